The first-order valence-electron chi connectivity index (χ1n) is 10.8. The van der Waals surface area contributed by atoms with Crippen molar-refractivity contribution in [2.75, 3.05) is 44.2 Å². The predicted molar refractivity (Wildman–Crippen MR) is 121 cm³/mol. The van der Waals surface area contributed by atoms with Crippen molar-refractivity contribution in [1.29, 1.82) is 0 Å². The molecule has 0 unspecified atom stereocenters. The van der Waals surface area contributed by atoms with Crippen molar-refractivity contribution in [2.24, 2.45) is 0 Å². The fourth-order valence-electron chi connectivity index (χ4n) is 4.03. The Morgan fingerprint density at radius 3 is 2.23 bits per heavy atom. The maximum Gasteiger partial charge on any atom is 0.276 e. The molecule has 0 saturated carbocycles. The molecule has 0 aromatic heterocycles. The molecule has 2 aromatic rings. The van der Waals surface area contributed by atoms with E-state index in [1.807, 2.05) is 39.0 Å². The van der Waals surface area contributed by atoms with Crippen LogP contribution in [0.5, 0.6) is 5.75 Å². The molecule has 166 valence electrons. The highest BCUT2D eigenvalue weighted by Crippen LogP contribution is 2.24. The first kappa shape index (κ1) is 22.6. The van der Waals surface area contributed by atoms with Crippen molar-refractivity contribution < 1.29 is 19.2 Å². The summed E-state index contributed by atoms with van der Waals surface area (Å²) in [6.07, 6.45) is 0.373. The summed E-state index contributed by atoms with van der Waals surface area (Å²) < 4.78 is 5.65. The van der Waals surface area contributed by atoms with Crippen molar-refractivity contribution in [1.82, 2.24) is 10.9 Å². The second-order valence-corrected chi connectivity index (χ2v) is 8.19. The summed E-state index contributed by atoms with van der Waals surface area (Å²) in [6.45, 7) is 10.5. The summed E-state index contributed by atoms with van der Waals surface area (Å²) in [7, 11) is 0. The van der Waals surface area contributed by atoms with Crippen LogP contribution in [0, 0.1) is 20.8 Å². The Kier molecular flexibility index (Phi) is 7.89. The highest BCUT2D eigenvalue weighted by Gasteiger charge is 2.20. The van der Waals surface area contributed by atoms with Crippen LogP contribution in [0.25, 0.3) is 0 Å². The van der Waals surface area contributed by atoms with Crippen LogP contribution in [-0.4, -0.2) is 51.1 Å². The number of rotatable bonds is 7. The van der Waals surface area contributed by atoms with Gasteiger partial charge < -0.3 is 14.5 Å². The molecule has 1 saturated heterocycles. The first-order valence-corrected chi connectivity index (χ1v) is 10.8. The lowest BCUT2D eigenvalue weighted by Gasteiger charge is -2.33. The normalized spacial score (nSPS) is 14.2. The van der Waals surface area contributed by atoms with Gasteiger partial charge in [-0.15, -0.1) is 0 Å². The molecule has 3 rings (SSSR count). The molecule has 1 heterocycles. The number of hydrogen-bond donors (Lipinski definition) is 3. The number of para-hydroxylation sites is 1. The van der Waals surface area contributed by atoms with E-state index < -0.39 is 0 Å². The van der Waals surface area contributed by atoms with Crippen molar-refractivity contribution in [2.45, 2.75) is 27.2 Å². The molecule has 0 spiro atoms. The third kappa shape index (κ3) is 6.72. The van der Waals surface area contributed by atoms with Crippen molar-refractivity contribution >= 4 is 17.5 Å². The number of carbonyl (C=O) groups is 2. The molecule has 0 aliphatic carbocycles. The molecule has 2 aromatic carbocycles. The van der Waals surface area contributed by atoms with Gasteiger partial charge in [0.15, 0.2) is 6.61 Å². The lowest BCUT2D eigenvalue weighted by Crippen LogP contribution is -3.15. The number of quaternary nitrogens is 1. The molecule has 1 aliphatic heterocycles. The molecule has 31 heavy (non-hydrogen) atoms. The summed E-state index contributed by atoms with van der Waals surface area (Å²) >= 11 is 0. The van der Waals surface area contributed by atoms with E-state index in [0.717, 1.165) is 49.4 Å². The number of amides is 2. The Morgan fingerprint density at radius 2 is 1.58 bits per heavy atom. The smallest absolute Gasteiger partial charge is 0.276 e. The number of nitrogens with zero attached hydrogens (tertiary/aromatic N) is 1. The minimum absolute atomic E-state index is 0.141. The van der Waals surface area contributed by atoms with Crippen LogP contribution in [0.15, 0.2) is 42.5 Å². The number of benzene rings is 2. The van der Waals surface area contributed by atoms with Gasteiger partial charge in [0.25, 0.3) is 5.91 Å². The van der Waals surface area contributed by atoms with Crippen molar-refractivity contribution in [3.8, 4) is 5.75 Å². The van der Waals surface area contributed by atoms with Crippen LogP contribution in [0.3, 0.4) is 0 Å². The van der Waals surface area contributed by atoms with Gasteiger partial charge in [-0.3, -0.25) is 20.4 Å². The number of anilines is 1. The van der Waals surface area contributed by atoms with Crippen LogP contribution in [-0.2, 0) is 9.59 Å². The Labute approximate surface area is 184 Å². The van der Waals surface area contributed by atoms with Gasteiger partial charge in [0.1, 0.15) is 5.75 Å². The van der Waals surface area contributed by atoms with E-state index in [-0.39, 0.29) is 18.4 Å². The highest BCUT2D eigenvalue weighted by atomic mass is 16.5. The number of aryl methyl sites for hydroxylation is 3. The fraction of sp³-hybridized carbons (Fsp3) is 0.417. The van der Waals surface area contributed by atoms with E-state index in [1.165, 1.54) is 10.6 Å². The Balaban J connectivity index is 1.32. The topological polar surface area (TPSA) is 75.1 Å². The molecule has 0 bridgehead atoms. The average Bonchev–Trinajstić information content (AvgIpc) is 2.76. The van der Waals surface area contributed by atoms with E-state index in [0.29, 0.717) is 12.2 Å². The van der Waals surface area contributed by atoms with Gasteiger partial charge in [0, 0.05) is 5.69 Å². The molecular weight excluding hydrogens is 392 g/mol. The monoisotopic (exact) mass is 425 g/mol. The average molecular weight is 426 g/mol. The molecule has 0 radical (unpaired) electrons. The van der Waals surface area contributed by atoms with Crippen LogP contribution in [0.1, 0.15) is 23.1 Å². The van der Waals surface area contributed by atoms with E-state index in [9.17, 15) is 9.59 Å². The minimum atomic E-state index is -0.378. The number of ether oxygens (including phenoxy) is 1. The number of hydrazine groups is 1. The fourth-order valence-corrected chi connectivity index (χ4v) is 4.03. The van der Waals surface area contributed by atoms with Gasteiger partial charge in [-0.25, -0.2) is 0 Å². The number of nitrogens with one attached hydrogen (secondary N) is 3. The first-order chi connectivity index (χ1) is 14.9. The summed E-state index contributed by atoms with van der Waals surface area (Å²) in [6, 6.07) is 14.4. The lowest BCUT2D eigenvalue weighted by atomic mass is 10.1. The Hall–Kier alpha value is -3.06. The number of hydrogen-bond acceptors (Lipinski definition) is 4. The third-order valence-corrected chi connectivity index (χ3v) is 5.59. The zero-order valence-corrected chi connectivity index (χ0v) is 18.7. The number of carbonyl (C=O) groups excluding carboxylic acids is 2. The molecule has 1 fully saturated rings. The summed E-state index contributed by atoms with van der Waals surface area (Å²) in [5, 5.41) is 0. The second kappa shape index (κ2) is 10.8. The van der Waals surface area contributed by atoms with Gasteiger partial charge in [-0.1, -0.05) is 35.9 Å². The van der Waals surface area contributed by atoms with Gasteiger partial charge in [0.05, 0.1) is 39.1 Å². The Bertz CT molecular complexity index is 870. The largest absolute Gasteiger partial charge is 0.483 e. The van der Waals surface area contributed by atoms with E-state index >= 15 is 0 Å². The Morgan fingerprint density at radius 1 is 0.968 bits per heavy atom. The summed E-state index contributed by atoms with van der Waals surface area (Å²) in [4.78, 5) is 27.9. The van der Waals surface area contributed by atoms with E-state index in [4.69, 9.17) is 4.74 Å². The van der Waals surface area contributed by atoms with Crippen LogP contribution < -0.4 is 25.4 Å². The third-order valence-electron chi connectivity index (χ3n) is 5.59. The zero-order chi connectivity index (χ0) is 22.2. The molecule has 7 heteroatoms. The molecule has 7 nitrogen and oxygen atoms in total. The summed E-state index contributed by atoms with van der Waals surface area (Å²) in [5.74, 6) is 0.149. The maximum atomic E-state index is 12.1. The highest BCUT2D eigenvalue weighted by molar-refractivity contribution is 5.82. The van der Waals surface area contributed by atoms with Gasteiger partial charge >= 0.3 is 0 Å². The van der Waals surface area contributed by atoms with Gasteiger partial charge in [0.2, 0.25) is 5.91 Å². The minimum Gasteiger partial charge on any atom is -0.483 e. The number of piperazine rings is 1. The SMILES string of the molecule is Cc1cc(C)c(OCC(=O)NNC(=O)CC[NH+]2CCN(c3ccccc3)CC2)c(C)c1. The van der Waals surface area contributed by atoms with E-state index in [1.54, 1.807) is 0 Å². The molecule has 3 N–H and O–H groups in total. The van der Waals surface area contributed by atoms with Crippen molar-refractivity contribution in [3.05, 3.63) is 59.2 Å². The van der Waals surface area contributed by atoms with Gasteiger partial charge in [-0.05, 0) is 44.0 Å². The standard InChI is InChI=1S/C24H32N4O3/c1-18-15-19(2)24(20(3)16-18)31-17-23(30)26-25-22(29)9-10-27-11-13-28(14-12-27)21-7-5-4-6-8-21/h4-8,15-16H,9-14,17H2,1-3H3,(H,25,29)(H,26,30)/p+1. The van der Waals surface area contributed by atoms with Crippen molar-refractivity contribution in [3.63, 3.8) is 0 Å². The van der Waals surface area contributed by atoms with E-state index in [2.05, 4.69) is 40.0 Å². The summed E-state index contributed by atoms with van der Waals surface area (Å²) in [5.41, 5.74) is 9.31. The van der Waals surface area contributed by atoms with Crippen LogP contribution in [0.4, 0.5) is 5.69 Å². The quantitative estimate of drug-likeness (QED) is 0.577. The predicted octanol–water partition coefficient (Wildman–Crippen LogP) is 0.933. The second-order valence-electron chi connectivity index (χ2n) is 8.19. The molecular formula is C24H33N4O3+. The van der Waals surface area contributed by atoms with Crippen LogP contribution >= 0.6 is 0 Å². The van der Waals surface area contributed by atoms with Gasteiger partial charge in [-0.2, -0.15) is 0 Å². The van der Waals surface area contributed by atoms with Crippen LogP contribution in [0.2, 0.25) is 0 Å². The lowest BCUT2D eigenvalue weighted by molar-refractivity contribution is -0.900. The zero-order valence-electron chi connectivity index (χ0n) is 18.7. The molecule has 1 aliphatic rings. The molecule has 2 amide bonds. The maximum absolute atomic E-state index is 12.1. The molecule has 0 atom stereocenters.